The van der Waals surface area contributed by atoms with Gasteiger partial charge in [0.05, 0.1) is 13.2 Å². The van der Waals surface area contributed by atoms with E-state index in [4.69, 9.17) is 9.15 Å². The highest BCUT2D eigenvalue weighted by Crippen LogP contribution is 2.21. The van der Waals surface area contributed by atoms with Crippen LogP contribution in [-0.2, 0) is 4.74 Å². The Bertz CT molecular complexity index is 492. The van der Waals surface area contributed by atoms with Gasteiger partial charge in [0, 0.05) is 18.8 Å². The van der Waals surface area contributed by atoms with Gasteiger partial charge < -0.3 is 19.4 Å². The van der Waals surface area contributed by atoms with E-state index in [0.717, 1.165) is 32.0 Å². The zero-order valence-electron chi connectivity index (χ0n) is 9.93. The summed E-state index contributed by atoms with van der Waals surface area (Å²) in [5.74, 6) is 0.664. The van der Waals surface area contributed by atoms with Crippen LogP contribution in [0.5, 0.6) is 0 Å². The van der Waals surface area contributed by atoms with Crippen LogP contribution >= 0.6 is 0 Å². The molecule has 0 unspecified atom stereocenters. The van der Waals surface area contributed by atoms with E-state index in [1.54, 1.807) is 0 Å². The van der Waals surface area contributed by atoms with Crippen molar-refractivity contribution in [1.82, 2.24) is 4.98 Å². The fraction of sp³-hybridized carbons (Fsp3) is 0.308. The summed E-state index contributed by atoms with van der Waals surface area (Å²) < 4.78 is 10.9. The molecule has 3 rings (SSSR count). The molecular formula is C13H14N3O2. The summed E-state index contributed by atoms with van der Waals surface area (Å²) in [6, 6.07) is 10.3. The van der Waals surface area contributed by atoms with Crippen molar-refractivity contribution in [2.45, 2.75) is 0 Å². The molecule has 0 bridgehead atoms. The SMILES string of the molecule is [c]1nc(Nc2ccccc2)oc1N1CCOCC1. The molecule has 1 N–H and O–H groups in total. The maximum atomic E-state index is 5.62. The quantitative estimate of drug-likeness (QED) is 0.895. The van der Waals surface area contributed by atoms with Crippen LogP contribution in [0, 0.1) is 6.20 Å². The van der Waals surface area contributed by atoms with E-state index >= 15 is 0 Å². The smallest absolute Gasteiger partial charge is 0.301 e. The highest BCUT2D eigenvalue weighted by molar-refractivity contribution is 5.52. The maximum absolute atomic E-state index is 5.62. The normalized spacial score (nSPS) is 15.7. The van der Waals surface area contributed by atoms with Gasteiger partial charge in [0.2, 0.25) is 5.88 Å². The van der Waals surface area contributed by atoms with Gasteiger partial charge in [-0.1, -0.05) is 18.2 Å². The Morgan fingerprint density at radius 2 is 1.94 bits per heavy atom. The molecule has 0 spiro atoms. The second-order valence-corrected chi connectivity index (χ2v) is 4.03. The molecule has 1 fully saturated rings. The van der Waals surface area contributed by atoms with Gasteiger partial charge in [-0.3, -0.25) is 0 Å². The van der Waals surface area contributed by atoms with E-state index in [-0.39, 0.29) is 0 Å². The van der Waals surface area contributed by atoms with E-state index in [1.807, 2.05) is 30.3 Å². The second-order valence-electron chi connectivity index (χ2n) is 4.03. The predicted octanol–water partition coefficient (Wildman–Crippen LogP) is 2.05. The number of para-hydroxylation sites is 1. The van der Waals surface area contributed by atoms with Crippen LogP contribution in [0.25, 0.3) is 0 Å². The van der Waals surface area contributed by atoms with E-state index in [9.17, 15) is 0 Å². The molecule has 0 amide bonds. The van der Waals surface area contributed by atoms with E-state index in [1.165, 1.54) is 0 Å². The molecule has 1 saturated heterocycles. The molecule has 5 nitrogen and oxygen atoms in total. The van der Waals surface area contributed by atoms with Crippen molar-refractivity contribution >= 4 is 17.6 Å². The number of aromatic nitrogens is 1. The summed E-state index contributed by atoms with van der Waals surface area (Å²) in [7, 11) is 0. The third kappa shape index (κ3) is 2.46. The zero-order valence-corrected chi connectivity index (χ0v) is 9.93. The van der Waals surface area contributed by atoms with Gasteiger partial charge in [0.25, 0.3) is 0 Å². The molecule has 5 heteroatoms. The van der Waals surface area contributed by atoms with Gasteiger partial charge in [-0.2, -0.15) is 4.98 Å². The van der Waals surface area contributed by atoms with Crippen molar-refractivity contribution in [3.05, 3.63) is 36.5 Å². The van der Waals surface area contributed by atoms with Crippen molar-refractivity contribution in [1.29, 1.82) is 0 Å². The number of nitrogens with one attached hydrogen (secondary N) is 1. The number of ether oxygens (including phenoxy) is 1. The first kappa shape index (κ1) is 11.1. The summed E-state index contributed by atoms with van der Waals surface area (Å²) in [5, 5.41) is 3.10. The Morgan fingerprint density at radius 1 is 1.17 bits per heavy atom. The number of morpholine rings is 1. The minimum atomic E-state index is 0.461. The second kappa shape index (κ2) is 5.10. The molecule has 18 heavy (non-hydrogen) atoms. The molecule has 0 aliphatic carbocycles. The fourth-order valence-corrected chi connectivity index (χ4v) is 1.84. The molecule has 0 saturated carbocycles. The molecule has 1 aliphatic heterocycles. The van der Waals surface area contributed by atoms with Crippen LogP contribution in [-0.4, -0.2) is 31.3 Å². The minimum absolute atomic E-state index is 0.461. The highest BCUT2D eigenvalue weighted by atomic mass is 16.5. The monoisotopic (exact) mass is 244 g/mol. The minimum Gasteiger partial charge on any atom is -0.406 e. The van der Waals surface area contributed by atoms with Crippen LogP contribution in [0.4, 0.5) is 17.6 Å². The van der Waals surface area contributed by atoms with Crippen molar-refractivity contribution in [2.24, 2.45) is 0 Å². The van der Waals surface area contributed by atoms with Crippen LogP contribution in [0.15, 0.2) is 34.7 Å². The van der Waals surface area contributed by atoms with Crippen LogP contribution in [0.1, 0.15) is 0 Å². The van der Waals surface area contributed by atoms with E-state index < -0.39 is 0 Å². The third-order valence-corrected chi connectivity index (χ3v) is 2.77. The summed E-state index contributed by atoms with van der Waals surface area (Å²) in [4.78, 5) is 6.18. The summed E-state index contributed by atoms with van der Waals surface area (Å²) in [6.45, 7) is 3.07. The summed E-state index contributed by atoms with van der Waals surface area (Å²) in [5.41, 5.74) is 0.946. The summed E-state index contributed by atoms with van der Waals surface area (Å²) in [6.07, 6.45) is 2.89. The molecule has 93 valence electrons. The number of oxazole rings is 1. The van der Waals surface area contributed by atoms with Crippen molar-refractivity contribution in [3.63, 3.8) is 0 Å². The van der Waals surface area contributed by atoms with Gasteiger partial charge in [-0.25, -0.2) is 0 Å². The van der Waals surface area contributed by atoms with Gasteiger partial charge >= 0.3 is 6.01 Å². The first-order chi connectivity index (χ1) is 8.92. The highest BCUT2D eigenvalue weighted by Gasteiger charge is 2.16. The Labute approximate surface area is 105 Å². The fourth-order valence-electron chi connectivity index (χ4n) is 1.84. The molecule has 1 radical (unpaired) electrons. The molecule has 0 atom stereocenters. The van der Waals surface area contributed by atoms with Gasteiger partial charge in [-0.15, -0.1) is 0 Å². The number of anilines is 3. The van der Waals surface area contributed by atoms with Crippen molar-refractivity contribution in [2.75, 3.05) is 36.5 Å². The lowest BCUT2D eigenvalue weighted by molar-refractivity contribution is 0.121. The zero-order chi connectivity index (χ0) is 12.2. The number of hydrogen-bond acceptors (Lipinski definition) is 5. The number of nitrogens with zero attached hydrogens (tertiary/aromatic N) is 2. The van der Waals surface area contributed by atoms with Gasteiger partial charge in [0.1, 0.15) is 0 Å². The lowest BCUT2D eigenvalue weighted by Crippen LogP contribution is -2.35. The Kier molecular flexibility index (Phi) is 3.14. The lowest BCUT2D eigenvalue weighted by atomic mass is 10.3. The summed E-state index contributed by atoms with van der Waals surface area (Å²) >= 11 is 0. The van der Waals surface area contributed by atoms with Gasteiger partial charge in [-0.05, 0) is 12.1 Å². The van der Waals surface area contributed by atoms with E-state index in [0.29, 0.717) is 11.9 Å². The van der Waals surface area contributed by atoms with Crippen LogP contribution in [0.3, 0.4) is 0 Å². The van der Waals surface area contributed by atoms with Gasteiger partial charge in [0.15, 0.2) is 6.20 Å². The molecule has 2 heterocycles. The maximum Gasteiger partial charge on any atom is 0.301 e. The number of hydrogen-bond donors (Lipinski definition) is 1. The standard InChI is InChI=1S/C13H14N3O2/c1-2-4-11(5-3-1)15-13-14-10-12(18-13)16-6-8-17-9-7-16/h1-5H,6-9H2,(H,14,15). The average molecular weight is 244 g/mol. The predicted molar refractivity (Wildman–Crippen MR) is 68.1 cm³/mol. The Balaban J connectivity index is 1.69. The van der Waals surface area contributed by atoms with Crippen LogP contribution < -0.4 is 10.2 Å². The first-order valence-electron chi connectivity index (χ1n) is 5.95. The molecular weight excluding hydrogens is 230 g/mol. The Morgan fingerprint density at radius 3 is 2.72 bits per heavy atom. The topological polar surface area (TPSA) is 50.5 Å². The molecule has 1 aromatic carbocycles. The number of rotatable bonds is 3. The molecule has 1 aromatic heterocycles. The molecule has 2 aromatic rings. The molecule has 1 aliphatic rings. The first-order valence-corrected chi connectivity index (χ1v) is 5.95. The Hall–Kier alpha value is -2.01. The lowest BCUT2D eigenvalue weighted by Gasteiger charge is -2.25. The van der Waals surface area contributed by atoms with Crippen LogP contribution in [0.2, 0.25) is 0 Å². The third-order valence-electron chi connectivity index (χ3n) is 2.77. The largest absolute Gasteiger partial charge is 0.406 e. The number of benzene rings is 1. The average Bonchev–Trinajstić information content (AvgIpc) is 2.89. The van der Waals surface area contributed by atoms with E-state index in [2.05, 4.69) is 21.4 Å². The van der Waals surface area contributed by atoms with Crippen molar-refractivity contribution < 1.29 is 9.15 Å². The van der Waals surface area contributed by atoms with Crippen molar-refractivity contribution in [3.8, 4) is 0 Å².